The molecule has 0 unspecified atom stereocenters. The number of fused-ring (bicyclic) bond motifs is 1. The van der Waals surface area contributed by atoms with Crippen molar-refractivity contribution in [3.63, 3.8) is 0 Å². The number of aliphatic hydroxyl groups excluding tert-OH is 1. The van der Waals surface area contributed by atoms with Crippen LogP contribution in [0.25, 0.3) is 0 Å². The maximum atomic E-state index is 12.6. The Morgan fingerprint density at radius 1 is 1.29 bits per heavy atom. The van der Waals surface area contributed by atoms with Gasteiger partial charge in [0.05, 0.1) is 12.1 Å². The van der Waals surface area contributed by atoms with Gasteiger partial charge < -0.3 is 15.3 Å². The average molecular weight is 288 g/mol. The summed E-state index contributed by atoms with van der Waals surface area (Å²) in [5, 5.41) is 13.0. The van der Waals surface area contributed by atoms with E-state index in [9.17, 15) is 9.90 Å². The Bertz CT molecular complexity index is 507. The first-order chi connectivity index (χ1) is 10.1. The van der Waals surface area contributed by atoms with Crippen LogP contribution >= 0.6 is 0 Å². The molecule has 0 spiro atoms. The molecule has 3 rings (SSSR count). The first kappa shape index (κ1) is 14.5. The highest BCUT2D eigenvalue weighted by Gasteiger charge is 2.31. The van der Waals surface area contributed by atoms with E-state index in [0.717, 1.165) is 38.9 Å². The molecule has 0 radical (unpaired) electrons. The molecule has 0 saturated carbocycles. The highest BCUT2D eigenvalue weighted by Crippen LogP contribution is 2.23. The zero-order valence-electron chi connectivity index (χ0n) is 12.6. The third-order valence-corrected chi connectivity index (χ3v) is 4.91. The Labute approximate surface area is 126 Å². The fourth-order valence-corrected chi connectivity index (χ4v) is 3.45. The molecule has 0 aromatic heterocycles. The van der Waals surface area contributed by atoms with E-state index in [1.807, 2.05) is 24.0 Å². The smallest absolute Gasteiger partial charge is 0.240 e. The van der Waals surface area contributed by atoms with Crippen LogP contribution in [0.5, 0.6) is 0 Å². The molecule has 21 heavy (non-hydrogen) atoms. The number of carbonyl (C=O) groups is 1. The van der Waals surface area contributed by atoms with Crippen LogP contribution in [0.4, 0.5) is 0 Å². The van der Waals surface area contributed by atoms with Gasteiger partial charge in [0.2, 0.25) is 5.91 Å². The number of hydrogen-bond donors (Lipinski definition) is 2. The van der Waals surface area contributed by atoms with Crippen molar-refractivity contribution in [3.05, 3.63) is 35.4 Å². The molecule has 1 amide bonds. The molecule has 1 saturated heterocycles. The van der Waals surface area contributed by atoms with Crippen LogP contribution in [0.2, 0.25) is 0 Å². The summed E-state index contributed by atoms with van der Waals surface area (Å²) in [7, 11) is 0. The highest BCUT2D eigenvalue weighted by molar-refractivity contribution is 5.82. The van der Waals surface area contributed by atoms with Crippen molar-refractivity contribution in [2.75, 3.05) is 13.1 Å². The summed E-state index contributed by atoms with van der Waals surface area (Å²) in [6.45, 7) is 4.17. The minimum atomic E-state index is -0.262. The standard InChI is InChI=1S/C17H24N2O2/c1-12(20)13-6-8-19(9-7-13)17(21)16-10-14-4-2-3-5-15(14)11-18-16/h2-5,12-13,16,18,20H,6-11H2,1H3/t12-,16+/m1/s1. The molecular formula is C17H24N2O2. The van der Waals surface area contributed by atoms with Crippen LogP contribution in [0, 0.1) is 5.92 Å². The number of likely N-dealkylation sites (tertiary alicyclic amines) is 1. The minimum Gasteiger partial charge on any atom is -0.393 e. The molecular weight excluding hydrogens is 264 g/mol. The molecule has 4 heteroatoms. The Kier molecular flexibility index (Phi) is 4.27. The predicted octanol–water partition coefficient (Wildman–Crippen LogP) is 1.32. The normalized spacial score (nSPS) is 24.5. The quantitative estimate of drug-likeness (QED) is 0.863. The zero-order chi connectivity index (χ0) is 14.8. The van der Waals surface area contributed by atoms with Crippen LogP contribution in [-0.2, 0) is 17.8 Å². The summed E-state index contributed by atoms with van der Waals surface area (Å²) in [4.78, 5) is 14.6. The minimum absolute atomic E-state index is 0.0944. The van der Waals surface area contributed by atoms with Crippen molar-refractivity contribution in [2.45, 2.75) is 44.9 Å². The third kappa shape index (κ3) is 3.11. The van der Waals surface area contributed by atoms with E-state index < -0.39 is 0 Å². The summed E-state index contributed by atoms with van der Waals surface area (Å²) in [6.07, 6.45) is 2.34. The van der Waals surface area contributed by atoms with Gasteiger partial charge >= 0.3 is 0 Å². The Morgan fingerprint density at radius 2 is 1.95 bits per heavy atom. The van der Waals surface area contributed by atoms with Crippen molar-refractivity contribution in [1.29, 1.82) is 0 Å². The number of amides is 1. The van der Waals surface area contributed by atoms with Gasteiger partial charge in [-0.25, -0.2) is 0 Å². The van der Waals surface area contributed by atoms with E-state index in [1.54, 1.807) is 0 Å². The van der Waals surface area contributed by atoms with Crippen LogP contribution in [0.3, 0.4) is 0 Å². The SMILES string of the molecule is C[C@@H](O)C1CCN(C(=O)[C@@H]2Cc3ccccc3CN2)CC1. The lowest BCUT2D eigenvalue weighted by atomic mass is 9.90. The first-order valence-corrected chi connectivity index (χ1v) is 7.92. The number of carbonyl (C=O) groups excluding carboxylic acids is 1. The second-order valence-electron chi connectivity index (χ2n) is 6.31. The number of rotatable bonds is 2. The van der Waals surface area contributed by atoms with Gasteiger partial charge in [0.1, 0.15) is 0 Å². The third-order valence-electron chi connectivity index (χ3n) is 4.91. The van der Waals surface area contributed by atoms with E-state index >= 15 is 0 Å². The Balaban J connectivity index is 1.60. The zero-order valence-corrected chi connectivity index (χ0v) is 12.6. The maximum absolute atomic E-state index is 12.6. The van der Waals surface area contributed by atoms with E-state index in [4.69, 9.17) is 0 Å². The summed E-state index contributed by atoms with van der Waals surface area (Å²) in [6, 6.07) is 8.24. The van der Waals surface area contributed by atoms with Crippen molar-refractivity contribution < 1.29 is 9.90 Å². The average Bonchev–Trinajstić information content (AvgIpc) is 2.54. The highest BCUT2D eigenvalue weighted by atomic mass is 16.3. The van der Waals surface area contributed by atoms with Gasteiger partial charge in [-0.15, -0.1) is 0 Å². The number of nitrogens with one attached hydrogen (secondary N) is 1. The Hall–Kier alpha value is -1.39. The lowest BCUT2D eigenvalue weighted by Gasteiger charge is -2.36. The molecule has 2 heterocycles. The van der Waals surface area contributed by atoms with Gasteiger partial charge in [0, 0.05) is 19.6 Å². The fourth-order valence-electron chi connectivity index (χ4n) is 3.45. The lowest BCUT2D eigenvalue weighted by Crippen LogP contribution is -2.52. The molecule has 0 bridgehead atoms. The lowest BCUT2D eigenvalue weighted by molar-refractivity contribution is -0.135. The van der Waals surface area contributed by atoms with Gasteiger partial charge in [-0.2, -0.15) is 0 Å². The van der Waals surface area contributed by atoms with E-state index in [0.29, 0.717) is 5.92 Å². The fraction of sp³-hybridized carbons (Fsp3) is 0.588. The predicted molar refractivity (Wildman–Crippen MR) is 81.8 cm³/mol. The van der Waals surface area contributed by atoms with Crippen LogP contribution in [0.15, 0.2) is 24.3 Å². The largest absolute Gasteiger partial charge is 0.393 e. The van der Waals surface area contributed by atoms with Crippen LogP contribution in [-0.4, -0.2) is 41.1 Å². The first-order valence-electron chi connectivity index (χ1n) is 7.92. The van der Waals surface area contributed by atoms with Gasteiger partial charge in [-0.3, -0.25) is 4.79 Å². The summed E-state index contributed by atoms with van der Waals surface area (Å²) < 4.78 is 0. The second-order valence-corrected chi connectivity index (χ2v) is 6.31. The monoisotopic (exact) mass is 288 g/mol. The van der Waals surface area contributed by atoms with Crippen molar-refractivity contribution in [3.8, 4) is 0 Å². The molecule has 2 atom stereocenters. The maximum Gasteiger partial charge on any atom is 0.240 e. The molecule has 1 fully saturated rings. The molecule has 0 aliphatic carbocycles. The number of hydrogen-bond acceptors (Lipinski definition) is 3. The Morgan fingerprint density at radius 3 is 2.62 bits per heavy atom. The topological polar surface area (TPSA) is 52.6 Å². The molecule has 114 valence electrons. The number of nitrogens with zero attached hydrogens (tertiary/aromatic N) is 1. The van der Waals surface area contributed by atoms with Gasteiger partial charge in [0.25, 0.3) is 0 Å². The van der Waals surface area contributed by atoms with Crippen LogP contribution < -0.4 is 5.32 Å². The van der Waals surface area contributed by atoms with Crippen molar-refractivity contribution in [2.24, 2.45) is 5.92 Å². The van der Waals surface area contributed by atoms with Crippen molar-refractivity contribution >= 4 is 5.91 Å². The van der Waals surface area contributed by atoms with Crippen molar-refractivity contribution in [1.82, 2.24) is 10.2 Å². The van der Waals surface area contributed by atoms with E-state index in [2.05, 4.69) is 17.4 Å². The van der Waals surface area contributed by atoms with Gasteiger partial charge in [-0.05, 0) is 43.2 Å². The van der Waals surface area contributed by atoms with Crippen LogP contribution in [0.1, 0.15) is 30.9 Å². The summed E-state index contributed by atoms with van der Waals surface area (Å²) in [5.41, 5.74) is 2.59. The molecule has 1 aromatic carbocycles. The van der Waals surface area contributed by atoms with E-state index in [-0.39, 0.29) is 18.1 Å². The van der Waals surface area contributed by atoms with E-state index in [1.165, 1.54) is 11.1 Å². The van der Waals surface area contributed by atoms with Gasteiger partial charge in [0.15, 0.2) is 0 Å². The molecule has 2 aliphatic rings. The molecule has 4 nitrogen and oxygen atoms in total. The summed E-state index contributed by atoms with van der Waals surface area (Å²) in [5.74, 6) is 0.558. The number of aliphatic hydroxyl groups is 1. The second kappa shape index (κ2) is 6.16. The van der Waals surface area contributed by atoms with Gasteiger partial charge in [-0.1, -0.05) is 24.3 Å². The number of benzene rings is 1. The molecule has 1 aromatic rings. The molecule has 2 aliphatic heterocycles. The number of piperidine rings is 1. The molecule has 2 N–H and O–H groups in total. The summed E-state index contributed by atoms with van der Waals surface area (Å²) >= 11 is 0.